The Morgan fingerprint density at radius 1 is 1.11 bits per heavy atom. The SMILES string of the molecule is Nc1ccc(Oc2ccnc3c2OCCCN3)c(F)c1.O=C(O)N1CCN(c2ccc(F)cc2)C1=O. The van der Waals surface area contributed by atoms with Gasteiger partial charge in [-0.15, -0.1) is 0 Å². The predicted octanol–water partition coefficient (Wildman–Crippen LogP) is 4.54. The first-order valence-corrected chi connectivity index (χ1v) is 11.0. The summed E-state index contributed by atoms with van der Waals surface area (Å²) in [6.07, 6.45) is 1.19. The molecule has 5 rings (SSSR count). The molecule has 0 bridgehead atoms. The quantitative estimate of drug-likeness (QED) is 0.448. The lowest BCUT2D eigenvalue weighted by atomic mass is 10.3. The van der Waals surface area contributed by atoms with Crippen LogP contribution in [0.25, 0.3) is 0 Å². The molecule has 1 fully saturated rings. The van der Waals surface area contributed by atoms with Gasteiger partial charge in [0, 0.05) is 42.8 Å². The van der Waals surface area contributed by atoms with E-state index in [4.69, 9.17) is 20.3 Å². The first-order chi connectivity index (χ1) is 17.3. The van der Waals surface area contributed by atoms with Crippen molar-refractivity contribution in [2.24, 2.45) is 0 Å². The number of hydrogen-bond acceptors (Lipinski definition) is 7. The molecule has 0 saturated carbocycles. The highest BCUT2D eigenvalue weighted by atomic mass is 19.1. The number of pyridine rings is 1. The maximum absolute atomic E-state index is 13.8. The molecule has 0 spiro atoms. The molecule has 2 aliphatic rings. The molecule has 3 aromatic rings. The van der Waals surface area contributed by atoms with Crippen LogP contribution < -0.4 is 25.4 Å². The van der Waals surface area contributed by atoms with E-state index in [2.05, 4.69) is 10.3 Å². The van der Waals surface area contributed by atoms with Crippen LogP contribution in [0.15, 0.2) is 54.7 Å². The van der Waals surface area contributed by atoms with E-state index in [-0.39, 0.29) is 18.8 Å². The summed E-state index contributed by atoms with van der Waals surface area (Å²) >= 11 is 0. The second-order valence-electron chi connectivity index (χ2n) is 7.75. The Hall–Kier alpha value is -4.61. The van der Waals surface area contributed by atoms with E-state index in [0.717, 1.165) is 17.9 Å². The number of ether oxygens (including phenoxy) is 2. The van der Waals surface area contributed by atoms with Crippen molar-refractivity contribution in [3.63, 3.8) is 0 Å². The fourth-order valence-electron chi connectivity index (χ4n) is 3.52. The smallest absolute Gasteiger partial charge is 0.415 e. The number of urea groups is 1. The van der Waals surface area contributed by atoms with Gasteiger partial charge in [0.25, 0.3) is 0 Å². The van der Waals surface area contributed by atoms with E-state index in [1.807, 2.05) is 0 Å². The topological polar surface area (TPSA) is 130 Å². The summed E-state index contributed by atoms with van der Waals surface area (Å²) in [5.74, 6) is 0.716. The van der Waals surface area contributed by atoms with Gasteiger partial charge in [0.2, 0.25) is 5.75 Å². The third kappa shape index (κ3) is 5.54. The number of hydrogen-bond donors (Lipinski definition) is 3. The van der Waals surface area contributed by atoms with Gasteiger partial charge in [-0.1, -0.05) is 0 Å². The van der Waals surface area contributed by atoms with Gasteiger partial charge in [-0.3, -0.25) is 4.90 Å². The minimum absolute atomic E-state index is 0.0976. The molecule has 36 heavy (non-hydrogen) atoms. The average Bonchev–Trinajstić information content (AvgIpc) is 3.07. The number of imide groups is 1. The van der Waals surface area contributed by atoms with Crippen LogP contribution in [0.1, 0.15) is 6.42 Å². The fraction of sp³-hybridized carbons (Fsp3) is 0.208. The van der Waals surface area contributed by atoms with Crippen molar-refractivity contribution in [2.45, 2.75) is 6.42 Å². The van der Waals surface area contributed by atoms with Crippen LogP contribution >= 0.6 is 0 Å². The molecule has 12 heteroatoms. The molecular weight excluding hydrogens is 476 g/mol. The van der Waals surface area contributed by atoms with Gasteiger partial charge in [0.15, 0.2) is 23.1 Å². The number of aromatic nitrogens is 1. The molecule has 10 nitrogen and oxygen atoms in total. The molecule has 3 heterocycles. The van der Waals surface area contributed by atoms with Crippen molar-refractivity contribution in [2.75, 3.05) is 42.2 Å². The number of halogens is 2. The van der Waals surface area contributed by atoms with Gasteiger partial charge in [-0.05, 0) is 42.8 Å². The van der Waals surface area contributed by atoms with Gasteiger partial charge in [0.1, 0.15) is 5.82 Å². The number of nitrogens with two attached hydrogens (primary N) is 1. The number of nitrogens with one attached hydrogen (secondary N) is 1. The minimum atomic E-state index is -1.27. The summed E-state index contributed by atoms with van der Waals surface area (Å²) in [7, 11) is 0. The van der Waals surface area contributed by atoms with Crippen LogP contribution in [0.5, 0.6) is 17.2 Å². The van der Waals surface area contributed by atoms with Gasteiger partial charge >= 0.3 is 12.1 Å². The summed E-state index contributed by atoms with van der Waals surface area (Å²) in [6, 6.07) is 10.7. The second-order valence-corrected chi connectivity index (χ2v) is 7.75. The summed E-state index contributed by atoms with van der Waals surface area (Å²) < 4.78 is 37.6. The van der Waals surface area contributed by atoms with Crippen molar-refractivity contribution in [1.82, 2.24) is 9.88 Å². The lowest BCUT2D eigenvalue weighted by Crippen LogP contribution is -2.35. The summed E-state index contributed by atoms with van der Waals surface area (Å²) in [6.45, 7) is 1.76. The van der Waals surface area contributed by atoms with Gasteiger partial charge in [0.05, 0.1) is 13.2 Å². The van der Waals surface area contributed by atoms with Gasteiger partial charge < -0.3 is 25.6 Å². The van der Waals surface area contributed by atoms with Crippen molar-refractivity contribution in [1.29, 1.82) is 0 Å². The first-order valence-electron chi connectivity index (χ1n) is 11.0. The highest BCUT2D eigenvalue weighted by molar-refractivity contribution is 6.02. The Labute approximate surface area is 204 Å². The largest absolute Gasteiger partial charge is 0.486 e. The zero-order valence-corrected chi connectivity index (χ0v) is 19.0. The van der Waals surface area contributed by atoms with E-state index in [0.29, 0.717) is 35.3 Å². The second kappa shape index (κ2) is 10.8. The number of carbonyl (C=O) groups is 2. The maximum atomic E-state index is 13.8. The van der Waals surface area contributed by atoms with E-state index >= 15 is 0 Å². The molecule has 2 aromatic carbocycles. The highest BCUT2D eigenvalue weighted by Crippen LogP contribution is 2.38. The molecular formula is C24H23F2N5O5. The maximum Gasteiger partial charge on any atom is 0.415 e. The van der Waals surface area contributed by atoms with Crippen molar-refractivity contribution in [3.05, 3.63) is 66.4 Å². The summed E-state index contributed by atoms with van der Waals surface area (Å²) in [4.78, 5) is 28.5. The Kier molecular flexibility index (Phi) is 7.33. The fourth-order valence-corrected chi connectivity index (χ4v) is 3.52. The third-order valence-corrected chi connectivity index (χ3v) is 5.28. The van der Waals surface area contributed by atoms with E-state index in [9.17, 15) is 18.4 Å². The van der Waals surface area contributed by atoms with Gasteiger partial charge in [-0.2, -0.15) is 0 Å². The number of nitrogens with zero attached hydrogens (tertiary/aromatic N) is 3. The van der Waals surface area contributed by atoms with Crippen LogP contribution in [-0.4, -0.2) is 53.4 Å². The highest BCUT2D eigenvalue weighted by Gasteiger charge is 2.33. The zero-order valence-electron chi connectivity index (χ0n) is 19.0. The Bertz CT molecular complexity index is 1260. The summed E-state index contributed by atoms with van der Waals surface area (Å²) in [5, 5.41) is 11.9. The lowest BCUT2D eigenvalue weighted by molar-refractivity contribution is 0.158. The molecule has 2 aliphatic heterocycles. The number of amides is 3. The number of carbonyl (C=O) groups excluding carboxylic acids is 1. The standard InChI is InChI=1S/C14H14FN3O2.C10H9FN2O3/c15-10-8-9(16)2-3-11(10)20-12-4-6-18-14-13(12)19-7-1-5-17-14;11-7-1-3-8(4-2-7)12-5-6-13(9(12)14)10(15)16/h2-4,6,8H,1,5,7,16H2,(H,17,18);1-4H,5-6H2,(H,15,16). The predicted molar refractivity (Wildman–Crippen MR) is 128 cm³/mol. The van der Waals surface area contributed by atoms with Crippen molar-refractivity contribution in [3.8, 4) is 17.2 Å². The molecule has 0 atom stereocenters. The monoisotopic (exact) mass is 499 g/mol. The number of nitrogen functional groups attached to an aromatic ring is 1. The first kappa shape index (κ1) is 24.5. The molecule has 3 amide bonds. The normalized spacial score (nSPS) is 14.6. The van der Waals surface area contributed by atoms with Crippen LogP contribution in [0.2, 0.25) is 0 Å². The van der Waals surface area contributed by atoms with Crippen molar-refractivity contribution < 1.29 is 33.0 Å². The number of rotatable bonds is 3. The average molecular weight is 499 g/mol. The van der Waals surface area contributed by atoms with Crippen LogP contribution in [0, 0.1) is 11.6 Å². The molecule has 0 aliphatic carbocycles. The molecule has 1 aromatic heterocycles. The van der Waals surface area contributed by atoms with Gasteiger partial charge in [-0.25, -0.2) is 28.3 Å². The van der Waals surface area contributed by atoms with Crippen molar-refractivity contribution >= 4 is 29.3 Å². The minimum Gasteiger partial charge on any atom is -0.486 e. The Balaban J connectivity index is 0.000000174. The molecule has 0 unspecified atom stereocenters. The van der Waals surface area contributed by atoms with E-state index in [1.165, 1.54) is 41.3 Å². The summed E-state index contributed by atoms with van der Waals surface area (Å²) in [5.41, 5.74) is 6.36. The Morgan fingerprint density at radius 2 is 1.89 bits per heavy atom. The third-order valence-electron chi connectivity index (χ3n) is 5.28. The van der Waals surface area contributed by atoms with Crippen LogP contribution in [-0.2, 0) is 0 Å². The van der Waals surface area contributed by atoms with Crippen LogP contribution in [0.4, 0.5) is 35.6 Å². The zero-order chi connectivity index (χ0) is 25.7. The number of benzene rings is 2. The Morgan fingerprint density at radius 3 is 2.58 bits per heavy atom. The number of carboxylic acid groups (broad SMARTS) is 1. The van der Waals surface area contributed by atoms with E-state index in [1.54, 1.807) is 18.3 Å². The molecule has 188 valence electrons. The van der Waals surface area contributed by atoms with E-state index < -0.39 is 23.8 Å². The number of fused-ring (bicyclic) bond motifs is 1. The molecule has 1 saturated heterocycles. The number of anilines is 3. The lowest BCUT2D eigenvalue weighted by Gasteiger charge is -2.15. The molecule has 0 radical (unpaired) electrons. The molecule has 4 N–H and O–H groups in total. The van der Waals surface area contributed by atoms with Crippen LogP contribution in [0.3, 0.4) is 0 Å².